The fourth-order valence-electron chi connectivity index (χ4n) is 4.23. The summed E-state index contributed by atoms with van der Waals surface area (Å²) in [6.07, 6.45) is 14.1. The Balaban J connectivity index is 1.92. The van der Waals surface area contributed by atoms with E-state index in [1.807, 2.05) is 0 Å². The molecule has 2 aliphatic rings. The molecule has 1 atom stereocenters. The zero-order chi connectivity index (χ0) is 13.8. The number of hydrogen-bond donors (Lipinski definition) is 1. The zero-order valence-corrected chi connectivity index (χ0v) is 12.5. The SMILES string of the molecule is NC(C1=CCCCCC1)C1(c2ccccc2)CCCC1. The van der Waals surface area contributed by atoms with Gasteiger partial charge in [0, 0.05) is 11.5 Å². The second-order valence-electron chi connectivity index (χ2n) is 6.59. The third-order valence-electron chi connectivity index (χ3n) is 5.42. The summed E-state index contributed by atoms with van der Waals surface area (Å²) in [5.74, 6) is 0. The number of nitrogens with two attached hydrogens (primary N) is 1. The van der Waals surface area contributed by atoms with Crippen LogP contribution >= 0.6 is 0 Å². The van der Waals surface area contributed by atoms with E-state index < -0.39 is 0 Å². The topological polar surface area (TPSA) is 26.0 Å². The van der Waals surface area contributed by atoms with Gasteiger partial charge < -0.3 is 5.73 Å². The van der Waals surface area contributed by atoms with Crippen molar-refractivity contribution >= 4 is 0 Å². The molecule has 0 saturated heterocycles. The van der Waals surface area contributed by atoms with Crippen LogP contribution in [0.2, 0.25) is 0 Å². The van der Waals surface area contributed by atoms with E-state index in [9.17, 15) is 0 Å². The standard InChI is InChI=1S/C19H27N/c20-18(16-10-4-1-2-5-11-16)19(14-8-9-15-19)17-12-6-3-7-13-17/h3,6-7,10,12-13,18H,1-2,4-5,8-9,11,14-15,20H2. The smallest absolute Gasteiger partial charge is 0.0352 e. The average Bonchev–Trinajstić information content (AvgIpc) is 2.84. The van der Waals surface area contributed by atoms with E-state index in [0.717, 1.165) is 0 Å². The van der Waals surface area contributed by atoms with Crippen LogP contribution in [0.15, 0.2) is 42.0 Å². The Morgan fingerprint density at radius 3 is 2.40 bits per heavy atom. The highest BCUT2D eigenvalue weighted by molar-refractivity contribution is 5.34. The molecule has 1 heteroatoms. The quantitative estimate of drug-likeness (QED) is 0.790. The molecule has 1 aromatic carbocycles. The fraction of sp³-hybridized carbons (Fsp3) is 0.579. The van der Waals surface area contributed by atoms with Gasteiger partial charge in [0.05, 0.1) is 0 Å². The minimum atomic E-state index is 0.206. The van der Waals surface area contributed by atoms with Crippen LogP contribution in [0.5, 0.6) is 0 Å². The molecule has 0 spiro atoms. The molecule has 2 N–H and O–H groups in total. The molecule has 20 heavy (non-hydrogen) atoms. The molecule has 2 aliphatic carbocycles. The van der Waals surface area contributed by atoms with Gasteiger partial charge in [0.2, 0.25) is 0 Å². The van der Waals surface area contributed by atoms with E-state index in [1.54, 1.807) is 0 Å². The van der Waals surface area contributed by atoms with E-state index in [4.69, 9.17) is 5.73 Å². The maximum Gasteiger partial charge on any atom is 0.0352 e. The van der Waals surface area contributed by atoms with Crippen LogP contribution in [-0.4, -0.2) is 6.04 Å². The lowest BCUT2D eigenvalue weighted by Crippen LogP contribution is -2.44. The van der Waals surface area contributed by atoms with Crippen molar-refractivity contribution < 1.29 is 0 Å². The summed E-state index contributed by atoms with van der Waals surface area (Å²) in [4.78, 5) is 0. The van der Waals surface area contributed by atoms with E-state index in [2.05, 4.69) is 36.4 Å². The summed E-state index contributed by atoms with van der Waals surface area (Å²) >= 11 is 0. The van der Waals surface area contributed by atoms with Crippen molar-refractivity contribution in [2.24, 2.45) is 5.73 Å². The normalized spacial score (nSPS) is 23.9. The second kappa shape index (κ2) is 6.13. The van der Waals surface area contributed by atoms with Gasteiger partial charge in [-0.3, -0.25) is 0 Å². The highest BCUT2D eigenvalue weighted by Gasteiger charge is 2.42. The zero-order valence-electron chi connectivity index (χ0n) is 12.5. The lowest BCUT2D eigenvalue weighted by Gasteiger charge is -2.37. The van der Waals surface area contributed by atoms with E-state index in [1.165, 1.54) is 68.9 Å². The van der Waals surface area contributed by atoms with Gasteiger partial charge in [-0.25, -0.2) is 0 Å². The Kier molecular flexibility index (Phi) is 4.26. The Morgan fingerprint density at radius 1 is 0.900 bits per heavy atom. The molecule has 0 aliphatic heterocycles. The van der Waals surface area contributed by atoms with Gasteiger partial charge >= 0.3 is 0 Å². The van der Waals surface area contributed by atoms with Gasteiger partial charge in [0.25, 0.3) is 0 Å². The van der Waals surface area contributed by atoms with Crippen LogP contribution in [0, 0.1) is 0 Å². The van der Waals surface area contributed by atoms with Gasteiger partial charge in [-0.15, -0.1) is 0 Å². The Labute approximate surface area is 123 Å². The molecule has 108 valence electrons. The third kappa shape index (κ3) is 2.56. The summed E-state index contributed by atoms with van der Waals surface area (Å²) in [6.45, 7) is 0. The van der Waals surface area contributed by atoms with Gasteiger partial charge in [-0.1, -0.05) is 61.2 Å². The molecule has 0 heterocycles. The maximum absolute atomic E-state index is 6.82. The van der Waals surface area contributed by atoms with Crippen LogP contribution < -0.4 is 5.73 Å². The maximum atomic E-state index is 6.82. The molecule has 1 unspecified atom stereocenters. The molecule has 1 nitrogen and oxygen atoms in total. The van der Waals surface area contributed by atoms with Crippen molar-refractivity contribution in [3.05, 3.63) is 47.5 Å². The first-order valence-electron chi connectivity index (χ1n) is 8.33. The number of hydrogen-bond acceptors (Lipinski definition) is 1. The summed E-state index contributed by atoms with van der Waals surface area (Å²) < 4.78 is 0. The molecule has 0 radical (unpaired) electrons. The molecule has 0 amide bonds. The van der Waals surface area contributed by atoms with Gasteiger partial charge in [-0.2, -0.15) is 0 Å². The van der Waals surface area contributed by atoms with E-state index in [-0.39, 0.29) is 11.5 Å². The van der Waals surface area contributed by atoms with Crippen LogP contribution in [0.25, 0.3) is 0 Å². The molecule has 1 aromatic rings. The average molecular weight is 269 g/mol. The first-order chi connectivity index (χ1) is 9.83. The molecule has 0 aromatic heterocycles. The van der Waals surface area contributed by atoms with Crippen molar-refractivity contribution in [3.63, 3.8) is 0 Å². The molecule has 3 rings (SSSR count). The van der Waals surface area contributed by atoms with E-state index >= 15 is 0 Å². The summed E-state index contributed by atoms with van der Waals surface area (Å²) in [5, 5.41) is 0. The minimum Gasteiger partial charge on any atom is -0.323 e. The lowest BCUT2D eigenvalue weighted by atomic mass is 9.70. The van der Waals surface area contributed by atoms with Crippen molar-refractivity contribution in [3.8, 4) is 0 Å². The Bertz CT molecular complexity index is 454. The predicted molar refractivity (Wildman–Crippen MR) is 85.7 cm³/mol. The fourth-order valence-corrected chi connectivity index (χ4v) is 4.23. The number of benzene rings is 1. The largest absolute Gasteiger partial charge is 0.323 e. The Hall–Kier alpha value is -1.08. The monoisotopic (exact) mass is 269 g/mol. The first-order valence-corrected chi connectivity index (χ1v) is 8.33. The molecule has 0 bridgehead atoms. The molecule has 1 saturated carbocycles. The number of allylic oxidation sites excluding steroid dienone is 1. The molecular formula is C19H27N. The second-order valence-corrected chi connectivity index (χ2v) is 6.59. The summed E-state index contributed by atoms with van der Waals surface area (Å²) in [5.41, 5.74) is 10.0. The van der Waals surface area contributed by atoms with Crippen LogP contribution in [0.3, 0.4) is 0 Å². The van der Waals surface area contributed by atoms with Crippen LogP contribution in [0.1, 0.15) is 63.4 Å². The highest BCUT2D eigenvalue weighted by Crippen LogP contribution is 2.45. The van der Waals surface area contributed by atoms with Gasteiger partial charge in [-0.05, 0) is 44.1 Å². The molecular weight excluding hydrogens is 242 g/mol. The van der Waals surface area contributed by atoms with Crippen molar-refractivity contribution in [1.29, 1.82) is 0 Å². The Morgan fingerprint density at radius 2 is 1.65 bits per heavy atom. The van der Waals surface area contributed by atoms with E-state index in [0.29, 0.717) is 0 Å². The van der Waals surface area contributed by atoms with Gasteiger partial charge in [0.15, 0.2) is 0 Å². The summed E-state index contributed by atoms with van der Waals surface area (Å²) in [6, 6.07) is 11.3. The molecule has 1 fully saturated rings. The van der Waals surface area contributed by atoms with Gasteiger partial charge in [0.1, 0.15) is 0 Å². The predicted octanol–water partition coefficient (Wildman–Crippen LogP) is 4.72. The number of rotatable bonds is 3. The van der Waals surface area contributed by atoms with Crippen molar-refractivity contribution in [2.45, 2.75) is 69.2 Å². The van der Waals surface area contributed by atoms with Crippen molar-refractivity contribution in [2.75, 3.05) is 0 Å². The summed E-state index contributed by atoms with van der Waals surface area (Å²) in [7, 11) is 0. The lowest BCUT2D eigenvalue weighted by molar-refractivity contribution is 0.375. The highest BCUT2D eigenvalue weighted by atomic mass is 14.7. The van der Waals surface area contributed by atoms with Crippen molar-refractivity contribution in [1.82, 2.24) is 0 Å². The van der Waals surface area contributed by atoms with Crippen LogP contribution in [0.4, 0.5) is 0 Å². The minimum absolute atomic E-state index is 0.206. The van der Waals surface area contributed by atoms with Crippen LogP contribution in [-0.2, 0) is 5.41 Å². The first kappa shape index (κ1) is 13.9. The third-order valence-corrected chi connectivity index (χ3v) is 5.42.